The maximum Gasteiger partial charge on any atom is 0.377 e. The van der Waals surface area contributed by atoms with Gasteiger partial charge in [0.05, 0.1) is 0 Å². The van der Waals surface area contributed by atoms with E-state index in [0.717, 1.165) is 0 Å². The summed E-state index contributed by atoms with van der Waals surface area (Å²) in [4.78, 5) is 29.6. The number of nitrogens with zero attached hydrogens (tertiary/aromatic N) is 9. The van der Waals surface area contributed by atoms with Crippen molar-refractivity contribution in [2.24, 2.45) is 0 Å². The first kappa shape index (κ1) is 21.3. The van der Waals surface area contributed by atoms with Gasteiger partial charge < -0.3 is 15.3 Å². The molecule has 3 heterocycles. The second kappa shape index (κ2) is 10.9. The fraction of sp³-hybridized carbons (Fsp3) is 0. The van der Waals surface area contributed by atoms with Crippen LogP contribution >= 0.6 is 0 Å². The first-order chi connectivity index (χ1) is 11.4. The van der Waals surface area contributed by atoms with Crippen LogP contribution in [0.2, 0.25) is 0 Å². The third kappa shape index (κ3) is 7.90. The number of aromatic carboxylic acids is 3. The van der Waals surface area contributed by atoms with Crippen LogP contribution in [0, 0.1) is 0 Å². The van der Waals surface area contributed by atoms with E-state index >= 15 is 0 Å². The number of H-pyrrole nitrogens is 3. The van der Waals surface area contributed by atoms with Crippen molar-refractivity contribution in [2.75, 3.05) is 0 Å². The zero-order valence-electron chi connectivity index (χ0n) is 11.4. The first-order valence-corrected chi connectivity index (χ1v) is 5.32. The average Bonchev–Trinajstić information content (AvgIpc) is 3.29. The number of nitrogens with one attached hydrogen (secondary N) is 3. The molecule has 0 unspecified atom stereocenters. The van der Waals surface area contributed by atoms with Crippen LogP contribution in [0.15, 0.2) is 0 Å². The van der Waals surface area contributed by atoms with Crippen LogP contribution in [0.5, 0.6) is 0 Å². The average molecular weight is 534 g/mol. The molecule has 0 saturated carbocycles. The van der Waals surface area contributed by atoms with Gasteiger partial charge in [0.25, 0.3) is 17.5 Å². The third-order valence-electron chi connectivity index (χ3n) is 1.61. The molecule has 25 heavy (non-hydrogen) atoms. The summed E-state index contributed by atoms with van der Waals surface area (Å²) in [6.07, 6.45) is 0. The van der Waals surface area contributed by atoms with Gasteiger partial charge in [-0.25, -0.2) is 14.4 Å². The Labute approximate surface area is 147 Å². The Morgan fingerprint density at radius 3 is 0.920 bits per heavy atom. The smallest absolute Gasteiger partial charge is 0.377 e. The molecule has 0 bridgehead atoms. The number of hydrogen-bond donors (Lipinski definition) is 6. The predicted octanol–water partition coefficient (Wildman–Crippen LogP) is -3.31. The molecule has 0 saturated heterocycles. The Hall–Kier alpha value is -3.73. The second-order valence-corrected chi connectivity index (χ2v) is 3.12. The summed E-state index contributed by atoms with van der Waals surface area (Å²) in [5.74, 6) is -4.49. The molecule has 3 rings (SSSR count). The molecule has 0 amide bonds. The normalized spacial score (nSPS) is 8.64. The minimum Gasteiger partial charge on any atom is -0.475 e. The van der Waals surface area contributed by atoms with Gasteiger partial charge in [0.2, 0.25) is 0 Å². The summed E-state index contributed by atoms with van der Waals surface area (Å²) in [6, 6.07) is 0. The summed E-state index contributed by atoms with van der Waals surface area (Å²) in [5, 5.41) is 58.4. The molecule has 135 valence electrons. The van der Waals surface area contributed by atoms with E-state index in [4.69, 9.17) is 15.3 Å². The zero-order valence-corrected chi connectivity index (χ0v) is 13.8. The van der Waals surface area contributed by atoms with Crippen molar-refractivity contribution in [1.82, 2.24) is 61.9 Å². The van der Waals surface area contributed by atoms with E-state index in [1.165, 1.54) is 0 Å². The van der Waals surface area contributed by atoms with Crippen LogP contribution in [0.3, 0.4) is 0 Å². The molecular weight excluding hydrogens is 528 g/mol. The Morgan fingerprint density at radius 2 is 0.840 bits per heavy atom. The molecule has 3 aromatic heterocycles. The van der Waals surface area contributed by atoms with E-state index in [2.05, 4.69) is 46.2 Å². The van der Waals surface area contributed by atoms with Gasteiger partial charge in [-0.3, -0.25) is 0 Å². The first-order valence-electron chi connectivity index (χ1n) is 5.32. The molecule has 0 aliphatic carbocycles. The number of hydrogen-bond acceptors (Lipinski definition) is 12. The Bertz CT molecular complexity index is 651. The van der Waals surface area contributed by atoms with Crippen molar-refractivity contribution in [3.05, 3.63) is 17.5 Å². The standard InChI is InChI=1S/3C2H2N4O2.Ir/c3*7-2(8)1-3-5-6-4-1;/h3*(H,7,8)(H,3,4,5,6);. The molecule has 6 N–H and O–H groups in total. The van der Waals surface area contributed by atoms with Gasteiger partial charge in [0.1, 0.15) is 0 Å². The van der Waals surface area contributed by atoms with Gasteiger partial charge in [-0.2, -0.15) is 15.6 Å². The van der Waals surface area contributed by atoms with E-state index in [-0.39, 0.29) is 37.6 Å². The molecule has 0 spiro atoms. The van der Waals surface area contributed by atoms with E-state index < -0.39 is 17.9 Å². The van der Waals surface area contributed by atoms with E-state index in [1.807, 2.05) is 15.6 Å². The summed E-state index contributed by atoms with van der Waals surface area (Å²) in [6.45, 7) is 0. The maximum absolute atomic E-state index is 9.88. The number of carbonyl (C=O) groups is 3. The minimum absolute atomic E-state index is 0. The molecule has 1 radical (unpaired) electrons. The van der Waals surface area contributed by atoms with Gasteiger partial charge in [-0.15, -0.1) is 30.6 Å². The second-order valence-electron chi connectivity index (χ2n) is 3.12. The van der Waals surface area contributed by atoms with Crippen LogP contribution in [0.25, 0.3) is 0 Å². The van der Waals surface area contributed by atoms with E-state index in [9.17, 15) is 14.4 Å². The van der Waals surface area contributed by atoms with Crippen LogP contribution in [-0.4, -0.2) is 95.1 Å². The number of carboxylic acid groups (broad SMARTS) is 3. The number of carboxylic acids is 3. The number of aromatic amines is 3. The van der Waals surface area contributed by atoms with Crippen molar-refractivity contribution < 1.29 is 49.8 Å². The predicted molar refractivity (Wildman–Crippen MR) is 63.4 cm³/mol. The molecule has 19 heteroatoms. The Balaban J connectivity index is 0.000000339. The summed E-state index contributed by atoms with van der Waals surface area (Å²) >= 11 is 0. The molecule has 0 atom stereocenters. The van der Waals surface area contributed by atoms with Crippen molar-refractivity contribution >= 4 is 17.9 Å². The van der Waals surface area contributed by atoms with E-state index in [0.29, 0.717) is 0 Å². The van der Waals surface area contributed by atoms with Crippen molar-refractivity contribution in [2.45, 2.75) is 0 Å². The SMILES string of the molecule is O=C(O)c1nn[nH]n1.O=C(O)c1nn[nH]n1.O=C(O)c1nn[nH]n1.[Ir]. The number of tetrazole rings is 3. The number of rotatable bonds is 3. The largest absolute Gasteiger partial charge is 0.475 e. The Kier molecular flexibility index (Phi) is 9.28. The molecule has 0 aliphatic heterocycles. The summed E-state index contributed by atoms with van der Waals surface area (Å²) < 4.78 is 0. The van der Waals surface area contributed by atoms with Gasteiger partial charge in [-0.05, 0) is 15.6 Å². The third-order valence-corrected chi connectivity index (χ3v) is 1.61. The van der Waals surface area contributed by atoms with Gasteiger partial charge in [0, 0.05) is 20.1 Å². The van der Waals surface area contributed by atoms with Crippen LogP contribution in [-0.2, 0) is 20.1 Å². The Morgan fingerprint density at radius 1 is 0.600 bits per heavy atom. The molecule has 0 fully saturated rings. The van der Waals surface area contributed by atoms with Crippen molar-refractivity contribution in [1.29, 1.82) is 0 Å². The summed E-state index contributed by atoms with van der Waals surface area (Å²) in [7, 11) is 0. The molecule has 18 nitrogen and oxygen atoms in total. The van der Waals surface area contributed by atoms with Gasteiger partial charge in [-0.1, -0.05) is 0 Å². The van der Waals surface area contributed by atoms with Gasteiger partial charge >= 0.3 is 17.9 Å². The van der Waals surface area contributed by atoms with Gasteiger partial charge in [0.15, 0.2) is 0 Å². The minimum atomic E-state index is -1.18. The quantitative estimate of drug-likeness (QED) is 0.192. The zero-order chi connectivity index (χ0) is 17.9. The van der Waals surface area contributed by atoms with Crippen LogP contribution < -0.4 is 0 Å². The fourth-order valence-electron chi connectivity index (χ4n) is 0.757. The van der Waals surface area contributed by atoms with Crippen molar-refractivity contribution in [3.8, 4) is 0 Å². The van der Waals surface area contributed by atoms with Crippen LogP contribution in [0.1, 0.15) is 31.9 Å². The maximum atomic E-state index is 9.88. The number of aromatic nitrogens is 12. The molecule has 0 aliphatic rings. The molecule has 3 aromatic rings. The van der Waals surface area contributed by atoms with Crippen molar-refractivity contribution in [3.63, 3.8) is 0 Å². The monoisotopic (exact) mass is 535 g/mol. The topological polar surface area (TPSA) is 275 Å². The molecule has 0 aromatic carbocycles. The fourth-order valence-corrected chi connectivity index (χ4v) is 0.757. The summed E-state index contributed by atoms with van der Waals surface area (Å²) in [5.41, 5.74) is 0. The molecular formula is C6H6IrN12O6. The van der Waals surface area contributed by atoms with Crippen LogP contribution in [0.4, 0.5) is 0 Å². The van der Waals surface area contributed by atoms with E-state index in [1.54, 1.807) is 0 Å².